The number of benzene rings is 1. The maximum Gasteiger partial charge on any atom is 0.130 e. The molecule has 4 nitrogen and oxygen atoms in total. The quantitative estimate of drug-likeness (QED) is 0.806. The highest BCUT2D eigenvalue weighted by Crippen LogP contribution is 2.29. The topological polar surface area (TPSA) is 31.7 Å². The smallest absolute Gasteiger partial charge is 0.130 e. The summed E-state index contributed by atoms with van der Waals surface area (Å²) in [5, 5.41) is 1.12. The van der Waals surface area contributed by atoms with Gasteiger partial charge in [0, 0.05) is 45.6 Å². The van der Waals surface area contributed by atoms with Crippen molar-refractivity contribution < 1.29 is 12.4 Å². The number of likely N-dealkylation sites (tertiary alicyclic amines) is 1. The number of nitrogens with zero attached hydrogens (tertiary/aromatic N) is 4. The summed E-state index contributed by atoms with van der Waals surface area (Å²) < 4.78 is 0. The van der Waals surface area contributed by atoms with Crippen molar-refractivity contribution in [1.82, 2.24) is 9.88 Å². The lowest BCUT2D eigenvalue weighted by molar-refractivity contribution is -0.00000450. The van der Waals surface area contributed by atoms with Crippen LogP contribution in [0.25, 0.3) is 10.9 Å². The third-order valence-corrected chi connectivity index (χ3v) is 3.97. The molecule has 0 atom stereocenters. The van der Waals surface area contributed by atoms with E-state index in [1.165, 1.54) is 18.7 Å². The Hall–Kier alpha value is -1.81. The van der Waals surface area contributed by atoms with E-state index in [1.54, 1.807) is 0 Å². The highest BCUT2D eigenvalue weighted by molar-refractivity contribution is 5.95. The Kier molecular flexibility index (Phi) is 5.24. The molecule has 118 valence electrons. The number of hydrogen-bond acceptors (Lipinski definition) is 3. The summed E-state index contributed by atoms with van der Waals surface area (Å²) in [7, 11) is 6.16. The summed E-state index contributed by atoms with van der Waals surface area (Å²) in [6.07, 6.45) is 3.55. The van der Waals surface area contributed by atoms with Crippen LogP contribution in [0.1, 0.15) is 19.3 Å². The second kappa shape index (κ2) is 6.97. The lowest BCUT2D eigenvalue weighted by Crippen LogP contribution is -3.00. The molecule has 0 unspecified atom stereocenters. The summed E-state index contributed by atoms with van der Waals surface area (Å²) in [4.78, 5) is 13.9. The highest BCUT2D eigenvalue weighted by atomic mass is 35.5. The zero-order valence-electron chi connectivity index (χ0n) is 13.4. The molecule has 3 rings (SSSR count). The summed E-state index contributed by atoms with van der Waals surface area (Å²) >= 11 is 0. The Morgan fingerprint density at radius 1 is 1.18 bits per heavy atom. The molecule has 1 aromatic carbocycles. The first-order valence-corrected chi connectivity index (χ1v) is 7.51. The molecule has 2 aromatic rings. The molecular formula is C17H22ClN4-. The van der Waals surface area contributed by atoms with Crippen LogP contribution in [0.3, 0.4) is 0 Å². The summed E-state index contributed by atoms with van der Waals surface area (Å²) in [6.45, 7) is 1.10. The molecule has 0 bridgehead atoms. The molecule has 1 aliphatic rings. The summed E-state index contributed by atoms with van der Waals surface area (Å²) in [5.74, 6) is 2.13. The molecule has 0 saturated carbocycles. The fraction of sp³-hybridized carbons (Fsp3) is 0.412. The molecule has 0 amide bonds. The van der Waals surface area contributed by atoms with Crippen LogP contribution in [0, 0.1) is 0 Å². The van der Waals surface area contributed by atoms with Crippen molar-refractivity contribution >= 4 is 28.2 Å². The van der Waals surface area contributed by atoms with Crippen LogP contribution in [-0.2, 0) is 0 Å². The van der Waals surface area contributed by atoms with Gasteiger partial charge in [-0.1, -0.05) is 18.2 Å². The largest absolute Gasteiger partial charge is 1.00 e. The van der Waals surface area contributed by atoms with Gasteiger partial charge in [-0.2, -0.15) is 0 Å². The van der Waals surface area contributed by atoms with E-state index >= 15 is 0 Å². The van der Waals surface area contributed by atoms with Gasteiger partial charge in [0.25, 0.3) is 0 Å². The molecule has 0 radical (unpaired) electrons. The summed E-state index contributed by atoms with van der Waals surface area (Å²) in [6, 6.07) is 10.3. The van der Waals surface area contributed by atoms with Gasteiger partial charge in [0.1, 0.15) is 11.7 Å². The highest BCUT2D eigenvalue weighted by Gasteiger charge is 2.14. The van der Waals surface area contributed by atoms with E-state index in [9.17, 15) is 0 Å². The van der Waals surface area contributed by atoms with Crippen molar-refractivity contribution in [2.24, 2.45) is 4.99 Å². The second-order valence-corrected chi connectivity index (χ2v) is 5.82. The number of piperidine rings is 1. The molecular weight excluding hydrogens is 296 g/mol. The van der Waals surface area contributed by atoms with E-state index < -0.39 is 0 Å². The predicted molar refractivity (Wildman–Crippen MR) is 89.6 cm³/mol. The van der Waals surface area contributed by atoms with Crippen molar-refractivity contribution in [3.8, 4) is 0 Å². The number of para-hydroxylation sites is 1. The molecule has 1 fully saturated rings. The minimum Gasteiger partial charge on any atom is -1.00 e. The Balaban J connectivity index is 0.00000176. The lowest BCUT2D eigenvalue weighted by Gasteiger charge is -2.26. The first kappa shape index (κ1) is 16.6. The Morgan fingerprint density at radius 2 is 1.95 bits per heavy atom. The molecule has 1 saturated heterocycles. The minimum atomic E-state index is 0. The van der Waals surface area contributed by atoms with E-state index in [1.807, 2.05) is 31.1 Å². The zero-order chi connectivity index (χ0) is 14.8. The molecule has 1 aliphatic heterocycles. The molecule has 2 heterocycles. The van der Waals surface area contributed by atoms with E-state index in [0.717, 1.165) is 35.4 Å². The number of halogens is 1. The van der Waals surface area contributed by atoms with Gasteiger partial charge in [0.2, 0.25) is 0 Å². The van der Waals surface area contributed by atoms with Crippen LogP contribution in [0.4, 0.5) is 11.5 Å². The van der Waals surface area contributed by atoms with Gasteiger partial charge in [0.05, 0.1) is 11.2 Å². The van der Waals surface area contributed by atoms with Crippen LogP contribution in [0.15, 0.2) is 35.3 Å². The fourth-order valence-corrected chi connectivity index (χ4v) is 2.70. The molecule has 1 aromatic heterocycles. The molecule has 0 N–H and O–H groups in total. The summed E-state index contributed by atoms with van der Waals surface area (Å²) in [5.41, 5.74) is 2.02. The molecule has 5 heteroatoms. The maximum atomic E-state index is 4.95. The predicted octanol–water partition coefficient (Wildman–Crippen LogP) is 0.450. The lowest BCUT2D eigenvalue weighted by atomic mass is 10.1. The minimum absolute atomic E-state index is 0. The average molecular weight is 318 g/mol. The van der Waals surface area contributed by atoms with Crippen molar-refractivity contribution in [3.05, 3.63) is 30.3 Å². The third-order valence-electron chi connectivity index (χ3n) is 3.97. The van der Waals surface area contributed by atoms with E-state index in [-0.39, 0.29) is 12.4 Å². The standard InChI is InChI=1S/C17H22N4.ClH/c1-20(2)17-12-15(13-8-4-5-9-14(13)18-17)19-16-10-6-7-11-21(16)3;/h4-5,8-9,12H,6-7,10-11H2,1-3H3;1H/p-1. The van der Waals surface area contributed by atoms with Crippen molar-refractivity contribution in [3.63, 3.8) is 0 Å². The molecule has 0 spiro atoms. The van der Waals surface area contributed by atoms with Crippen molar-refractivity contribution in [1.29, 1.82) is 0 Å². The van der Waals surface area contributed by atoms with Gasteiger partial charge >= 0.3 is 0 Å². The Bertz CT molecular complexity index is 681. The number of fused-ring (bicyclic) bond motifs is 1. The van der Waals surface area contributed by atoms with Gasteiger partial charge in [-0.25, -0.2) is 9.98 Å². The van der Waals surface area contributed by atoms with Gasteiger partial charge in [-0.3, -0.25) is 0 Å². The number of anilines is 1. The second-order valence-electron chi connectivity index (χ2n) is 5.82. The monoisotopic (exact) mass is 317 g/mol. The van der Waals surface area contributed by atoms with Gasteiger partial charge < -0.3 is 22.2 Å². The number of pyridine rings is 1. The fourth-order valence-electron chi connectivity index (χ4n) is 2.70. The van der Waals surface area contributed by atoms with Crippen LogP contribution < -0.4 is 17.3 Å². The maximum absolute atomic E-state index is 4.95. The average Bonchev–Trinajstić information content (AvgIpc) is 2.49. The first-order chi connectivity index (χ1) is 10.1. The van der Waals surface area contributed by atoms with Crippen LogP contribution in [0.5, 0.6) is 0 Å². The number of aromatic nitrogens is 1. The SMILES string of the molecule is CN1CCCCC1=Nc1cc(N(C)C)nc2ccccc12.[Cl-]. The Labute approximate surface area is 138 Å². The molecule has 0 aliphatic carbocycles. The Morgan fingerprint density at radius 3 is 2.68 bits per heavy atom. The first-order valence-electron chi connectivity index (χ1n) is 7.51. The molecule has 22 heavy (non-hydrogen) atoms. The van der Waals surface area contributed by atoms with Crippen LogP contribution in [0.2, 0.25) is 0 Å². The third kappa shape index (κ3) is 3.33. The van der Waals surface area contributed by atoms with Gasteiger partial charge in [0.15, 0.2) is 0 Å². The van der Waals surface area contributed by atoms with E-state index in [2.05, 4.69) is 30.1 Å². The van der Waals surface area contributed by atoms with Gasteiger partial charge in [-0.15, -0.1) is 0 Å². The number of amidine groups is 1. The number of rotatable bonds is 2. The van der Waals surface area contributed by atoms with Gasteiger partial charge in [-0.05, 0) is 18.9 Å². The normalized spacial score (nSPS) is 16.7. The van der Waals surface area contributed by atoms with E-state index in [4.69, 9.17) is 9.98 Å². The van der Waals surface area contributed by atoms with Crippen LogP contribution in [-0.4, -0.2) is 43.4 Å². The van der Waals surface area contributed by atoms with E-state index in [0.29, 0.717) is 0 Å². The number of hydrogen-bond donors (Lipinski definition) is 0. The van der Waals surface area contributed by atoms with Crippen molar-refractivity contribution in [2.75, 3.05) is 32.6 Å². The van der Waals surface area contributed by atoms with Crippen LogP contribution >= 0.6 is 0 Å². The van der Waals surface area contributed by atoms with Crippen molar-refractivity contribution in [2.45, 2.75) is 19.3 Å². The zero-order valence-corrected chi connectivity index (χ0v) is 14.1. The number of aliphatic imine (C=N–C) groups is 1.